The quantitative estimate of drug-likeness (QED) is 0.315. The maximum absolute atomic E-state index is 15.4. The number of hydrogen-bond acceptors (Lipinski definition) is 7. The lowest BCUT2D eigenvalue weighted by molar-refractivity contribution is -0.117. The Morgan fingerprint density at radius 1 is 1.26 bits per heavy atom. The summed E-state index contributed by atoms with van der Waals surface area (Å²) in [6.07, 6.45) is 7.32. The zero-order chi connectivity index (χ0) is 30.1. The van der Waals surface area contributed by atoms with Crippen LogP contribution in [-0.2, 0) is 26.4 Å². The number of aromatic nitrogens is 1. The summed E-state index contributed by atoms with van der Waals surface area (Å²) in [5, 5.41) is 8.50. The number of carbonyl (C=O) groups excluding carboxylic acids is 2. The highest BCUT2D eigenvalue weighted by Gasteiger charge is 2.31. The normalized spacial score (nSPS) is 22.6. The Labute approximate surface area is 242 Å². The van der Waals surface area contributed by atoms with Crippen LogP contribution >= 0.6 is 0 Å². The van der Waals surface area contributed by atoms with Crippen LogP contribution in [-0.4, -0.2) is 61.5 Å². The lowest BCUT2D eigenvalue weighted by Crippen LogP contribution is -2.49. The van der Waals surface area contributed by atoms with Gasteiger partial charge in [-0.25, -0.2) is 18.0 Å². The number of ether oxygens (including phenoxy) is 2. The van der Waals surface area contributed by atoms with Crippen molar-refractivity contribution in [1.82, 2.24) is 15.6 Å². The number of amides is 2. The number of nitrogens with one attached hydrogen (secondary N) is 3. The highest BCUT2D eigenvalue weighted by molar-refractivity contribution is 5.95. The van der Waals surface area contributed by atoms with Crippen LogP contribution < -0.4 is 21.7 Å². The largest absolute Gasteiger partial charge is 0.448 e. The number of nitrogens with two attached hydrogens (primary N) is 1. The van der Waals surface area contributed by atoms with Gasteiger partial charge in [-0.15, -0.1) is 0 Å². The fraction of sp³-hybridized carbons (Fsp3) is 0.433. The van der Waals surface area contributed by atoms with E-state index in [2.05, 4.69) is 20.9 Å². The molecule has 0 spiro atoms. The zero-order valence-corrected chi connectivity index (χ0v) is 23.4. The van der Waals surface area contributed by atoms with Gasteiger partial charge in [0.2, 0.25) is 5.91 Å². The van der Waals surface area contributed by atoms with Gasteiger partial charge in [-0.1, -0.05) is 24.3 Å². The molecule has 226 valence electrons. The first-order chi connectivity index (χ1) is 20.2. The lowest BCUT2D eigenvalue weighted by Gasteiger charge is -2.30. The van der Waals surface area contributed by atoms with Gasteiger partial charge in [-0.3, -0.25) is 9.78 Å². The van der Waals surface area contributed by atoms with Crippen LogP contribution in [0.2, 0.25) is 0 Å². The molecule has 1 aliphatic carbocycles. The number of carbonyl (C=O) groups is 2. The molecule has 2 aromatic rings. The van der Waals surface area contributed by atoms with E-state index >= 15 is 4.39 Å². The van der Waals surface area contributed by atoms with Crippen LogP contribution in [0.25, 0.3) is 0 Å². The minimum Gasteiger partial charge on any atom is -0.448 e. The van der Waals surface area contributed by atoms with Crippen molar-refractivity contribution in [2.24, 2.45) is 5.73 Å². The summed E-state index contributed by atoms with van der Waals surface area (Å²) < 4.78 is 54.3. The molecule has 5 N–H and O–H groups in total. The Kier molecular flexibility index (Phi) is 10.7. The molecule has 1 unspecified atom stereocenters. The first kappa shape index (κ1) is 31.2. The SMILES string of the molecule is CCNC(=O)OC[C@@H]1CO[C@H](CCc2c(F)cncc2NC(=O)[C@@H](N)CC2=CCC(F)(c3ccc(F)cc3)C=C2)CN1. The van der Waals surface area contributed by atoms with Crippen LogP contribution in [0.3, 0.4) is 0 Å². The predicted octanol–water partition coefficient (Wildman–Crippen LogP) is 3.80. The Bertz CT molecular complexity index is 1300. The fourth-order valence-corrected chi connectivity index (χ4v) is 4.78. The number of pyridine rings is 1. The lowest BCUT2D eigenvalue weighted by atomic mass is 9.86. The first-order valence-electron chi connectivity index (χ1n) is 13.9. The van der Waals surface area contributed by atoms with Gasteiger partial charge in [-0.05, 0) is 55.5 Å². The molecule has 12 heteroatoms. The summed E-state index contributed by atoms with van der Waals surface area (Å²) in [6.45, 7) is 3.27. The number of halogens is 3. The van der Waals surface area contributed by atoms with E-state index in [1.807, 2.05) is 0 Å². The Hall–Kier alpha value is -3.74. The third-order valence-corrected chi connectivity index (χ3v) is 7.22. The van der Waals surface area contributed by atoms with E-state index in [9.17, 15) is 18.4 Å². The molecule has 42 heavy (non-hydrogen) atoms. The van der Waals surface area contributed by atoms with Crippen molar-refractivity contribution in [3.63, 3.8) is 0 Å². The molecule has 0 radical (unpaired) electrons. The molecule has 1 saturated heterocycles. The van der Waals surface area contributed by atoms with Crippen molar-refractivity contribution in [3.8, 4) is 0 Å². The Balaban J connectivity index is 1.27. The van der Waals surface area contributed by atoms with E-state index in [-0.39, 0.29) is 49.3 Å². The van der Waals surface area contributed by atoms with E-state index in [4.69, 9.17) is 15.2 Å². The molecule has 2 heterocycles. The summed E-state index contributed by atoms with van der Waals surface area (Å²) in [5.41, 5.74) is 5.90. The van der Waals surface area contributed by atoms with Gasteiger partial charge in [0.15, 0.2) is 5.67 Å². The average molecular weight is 588 g/mol. The second-order valence-electron chi connectivity index (χ2n) is 10.4. The van der Waals surface area contributed by atoms with Crippen molar-refractivity contribution in [2.75, 3.05) is 31.6 Å². The van der Waals surface area contributed by atoms with Gasteiger partial charge in [0.1, 0.15) is 18.2 Å². The van der Waals surface area contributed by atoms with E-state index in [0.29, 0.717) is 37.3 Å². The summed E-state index contributed by atoms with van der Waals surface area (Å²) >= 11 is 0. The molecule has 1 aromatic carbocycles. The van der Waals surface area contributed by atoms with Gasteiger partial charge in [-0.2, -0.15) is 0 Å². The van der Waals surface area contributed by atoms with E-state index < -0.39 is 35.3 Å². The van der Waals surface area contributed by atoms with E-state index in [1.165, 1.54) is 36.5 Å². The standard InChI is InChI=1S/C30H36F3N5O4/c1-2-36-29(40)42-18-22-17-41-23(14-37-22)7-8-24-25(32)15-35-16-27(24)38-28(39)26(34)13-19-9-11-30(33,12-10-19)20-3-5-21(31)6-4-20/h3-6,9-11,15-16,22-23,26,37H,2,7-8,12-14,17-18,34H2,1H3,(H,36,40)(H,38,39)/t22-,23+,26-,30?/m0/s1. The summed E-state index contributed by atoms with van der Waals surface area (Å²) in [7, 11) is 0. The number of nitrogens with zero attached hydrogens (tertiary/aromatic N) is 1. The molecular formula is C30H36F3N5O4. The molecule has 0 saturated carbocycles. The van der Waals surface area contributed by atoms with Crippen LogP contribution in [0, 0.1) is 11.6 Å². The van der Waals surface area contributed by atoms with Crippen molar-refractivity contribution >= 4 is 17.7 Å². The highest BCUT2D eigenvalue weighted by atomic mass is 19.1. The number of anilines is 1. The van der Waals surface area contributed by atoms with Gasteiger partial charge in [0.05, 0.1) is 42.9 Å². The Morgan fingerprint density at radius 3 is 2.71 bits per heavy atom. The number of allylic oxidation sites excluding steroid dienone is 3. The van der Waals surface area contributed by atoms with Crippen LogP contribution in [0.15, 0.2) is 60.5 Å². The molecule has 0 bridgehead atoms. The zero-order valence-electron chi connectivity index (χ0n) is 23.4. The molecule has 2 aliphatic rings. The van der Waals surface area contributed by atoms with E-state index in [0.717, 1.165) is 6.20 Å². The van der Waals surface area contributed by atoms with Gasteiger partial charge < -0.3 is 31.2 Å². The second-order valence-corrected chi connectivity index (χ2v) is 10.4. The molecule has 1 aromatic heterocycles. The third kappa shape index (κ3) is 8.40. The summed E-state index contributed by atoms with van der Waals surface area (Å²) in [5.74, 6) is -1.53. The fourth-order valence-electron chi connectivity index (χ4n) is 4.78. The molecule has 9 nitrogen and oxygen atoms in total. The maximum Gasteiger partial charge on any atom is 0.407 e. The predicted molar refractivity (Wildman–Crippen MR) is 151 cm³/mol. The molecule has 2 amide bonds. The number of hydrogen-bond donors (Lipinski definition) is 4. The highest BCUT2D eigenvalue weighted by Crippen LogP contribution is 2.36. The average Bonchev–Trinajstić information content (AvgIpc) is 2.98. The van der Waals surface area contributed by atoms with Crippen LogP contribution in [0.1, 0.15) is 37.3 Å². The second kappa shape index (κ2) is 14.4. The molecule has 1 fully saturated rings. The molecule has 4 atom stereocenters. The molecule has 1 aliphatic heterocycles. The van der Waals surface area contributed by atoms with Gasteiger partial charge >= 0.3 is 6.09 Å². The summed E-state index contributed by atoms with van der Waals surface area (Å²) in [6, 6.07) is 4.11. The van der Waals surface area contributed by atoms with Crippen molar-refractivity contribution in [1.29, 1.82) is 0 Å². The maximum atomic E-state index is 15.4. The minimum atomic E-state index is -1.77. The number of alkyl carbamates (subject to hydrolysis) is 1. The van der Waals surface area contributed by atoms with Crippen molar-refractivity contribution in [2.45, 2.75) is 56.5 Å². The number of morpholine rings is 1. The monoisotopic (exact) mass is 587 g/mol. The van der Waals surface area contributed by atoms with Crippen molar-refractivity contribution < 1.29 is 32.2 Å². The molecule has 4 rings (SSSR count). The smallest absolute Gasteiger partial charge is 0.407 e. The first-order valence-corrected chi connectivity index (χ1v) is 13.9. The number of alkyl halides is 1. The van der Waals surface area contributed by atoms with Gasteiger partial charge in [0.25, 0.3) is 0 Å². The van der Waals surface area contributed by atoms with Gasteiger partial charge in [0, 0.05) is 25.1 Å². The number of benzene rings is 1. The molecular weight excluding hydrogens is 551 g/mol. The van der Waals surface area contributed by atoms with Crippen molar-refractivity contribution in [3.05, 3.63) is 83.2 Å². The van der Waals surface area contributed by atoms with E-state index in [1.54, 1.807) is 19.1 Å². The Morgan fingerprint density at radius 2 is 2.05 bits per heavy atom. The summed E-state index contributed by atoms with van der Waals surface area (Å²) in [4.78, 5) is 28.2. The number of rotatable bonds is 11. The topological polar surface area (TPSA) is 128 Å². The van der Waals surface area contributed by atoms with Crippen LogP contribution in [0.4, 0.5) is 23.7 Å². The van der Waals surface area contributed by atoms with Crippen LogP contribution in [0.5, 0.6) is 0 Å². The minimum absolute atomic E-state index is 0.0246. The third-order valence-electron chi connectivity index (χ3n) is 7.22.